The van der Waals surface area contributed by atoms with Crippen LogP contribution in [0.15, 0.2) is 60.2 Å². The molecule has 0 aliphatic carbocycles. The van der Waals surface area contributed by atoms with E-state index in [1.807, 2.05) is 18.2 Å². The van der Waals surface area contributed by atoms with E-state index in [1.54, 1.807) is 31.0 Å². The minimum atomic E-state index is 0.421. The monoisotopic (exact) mass is 375 g/mol. The first kappa shape index (κ1) is 15.9. The van der Waals surface area contributed by atoms with E-state index in [0.717, 1.165) is 47.1 Å². The molecule has 2 aromatic rings. The lowest BCUT2D eigenvalue weighted by Gasteiger charge is -2.17. The highest BCUT2D eigenvalue weighted by Gasteiger charge is 2.22. The molecule has 5 heterocycles. The predicted octanol–water partition coefficient (Wildman–Crippen LogP) is 3.15. The molecule has 3 aliphatic heterocycles. The van der Waals surface area contributed by atoms with Gasteiger partial charge in [-0.3, -0.25) is 9.97 Å². The van der Waals surface area contributed by atoms with Crippen LogP contribution in [0.25, 0.3) is 22.5 Å². The quantitative estimate of drug-likeness (QED) is 0.582. The van der Waals surface area contributed by atoms with E-state index >= 15 is 0 Å². The highest BCUT2D eigenvalue weighted by atomic mass is 35.5. The molecule has 27 heavy (non-hydrogen) atoms. The second-order valence-corrected chi connectivity index (χ2v) is 6.51. The number of rotatable bonds is 2. The molecule has 0 saturated carbocycles. The summed E-state index contributed by atoms with van der Waals surface area (Å²) >= 11 is 6.38. The number of pyridine rings is 3. The van der Waals surface area contributed by atoms with Gasteiger partial charge in [-0.1, -0.05) is 11.6 Å². The maximum absolute atomic E-state index is 6.38. The number of nitrogens with zero attached hydrogens (tertiary/aromatic N) is 6. The summed E-state index contributed by atoms with van der Waals surface area (Å²) in [5, 5.41) is 4.05. The lowest BCUT2D eigenvalue weighted by atomic mass is 10.0. The number of anilines is 1. The summed E-state index contributed by atoms with van der Waals surface area (Å²) in [7, 11) is 0. The van der Waals surface area contributed by atoms with Gasteiger partial charge in [-0.25, -0.2) is 9.98 Å². The van der Waals surface area contributed by atoms with Crippen LogP contribution in [0, 0.1) is 0 Å². The van der Waals surface area contributed by atoms with Crippen LogP contribution in [0.5, 0.6) is 0 Å². The van der Waals surface area contributed by atoms with Crippen LogP contribution in [0.1, 0.15) is 0 Å². The normalized spacial score (nSPS) is 13.6. The molecule has 0 radical (unpaired) electrons. The van der Waals surface area contributed by atoms with Crippen molar-refractivity contribution in [3.8, 4) is 22.5 Å². The zero-order chi connectivity index (χ0) is 18.2. The average Bonchev–Trinajstić information content (AvgIpc) is 3.19. The fraction of sp³-hybridized carbons (Fsp3) is 0.105. The maximum atomic E-state index is 6.38. The van der Waals surface area contributed by atoms with Gasteiger partial charge in [0.2, 0.25) is 0 Å². The van der Waals surface area contributed by atoms with Crippen LogP contribution in [0.4, 0.5) is 11.5 Å². The molecule has 8 heteroatoms. The number of hydrogen-bond acceptors (Lipinski definition) is 6. The fourth-order valence-electron chi connectivity index (χ4n) is 3.25. The molecule has 5 rings (SSSR count). The van der Waals surface area contributed by atoms with Crippen LogP contribution in [-0.2, 0) is 6.54 Å². The number of nitrogens with one attached hydrogen (secondary N) is 1. The van der Waals surface area contributed by atoms with Crippen LogP contribution >= 0.6 is 11.6 Å². The summed E-state index contributed by atoms with van der Waals surface area (Å²) in [4.78, 5) is 21.7. The van der Waals surface area contributed by atoms with E-state index in [0.29, 0.717) is 10.6 Å². The van der Waals surface area contributed by atoms with Gasteiger partial charge in [0.05, 0.1) is 10.7 Å². The second-order valence-electron chi connectivity index (χ2n) is 6.11. The molecular formula is C19H14ClN7. The Hall–Kier alpha value is -3.32. The van der Waals surface area contributed by atoms with Crippen molar-refractivity contribution in [1.82, 2.24) is 24.5 Å². The largest absolute Gasteiger partial charge is 0.369 e. The summed E-state index contributed by atoms with van der Waals surface area (Å²) in [6, 6.07) is 7.61. The van der Waals surface area contributed by atoms with E-state index in [1.165, 1.54) is 0 Å². The van der Waals surface area contributed by atoms with Crippen molar-refractivity contribution in [2.24, 2.45) is 4.99 Å². The Kier molecular flexibility index (Phi) is 3.79. The Morgan fingerprint density at radius 2 is 1.89 bits per heavy atom. The number of hydrogen-bond donors (Lipinski definition) is 1. The molecule has 0 atom stereocenters. The lowest BCUT2D eigenvalue weighted by molar-refractivity contribution is 0.780. The van der Waals surface area contributed by atoms with Crippen molar-refractivity contribution in [3.05, 3.63) is 65.9 Å². The summed E-state index contributed by atoms with van der Waals surface area (Å²) in [6.45, 7) is 1.64. The third-order valence-electron chi connectivity index (χ3n) is 4.45. The van der Waals surface area contributed by atoms with E-state index < -0.39 is 0 Å². The minimum Gasteiger partial charge on any atom is -0.369 e. The summed E-state index contributed by atoms with van der Waals surface area (Å²) in [5.74, 6) is 1.83. The Balaban J connectivity index is 1.73. The smallest absolute Gasteiger partial charge is 0.251 e. The third-order valence-corrected chi connectivity index (χ3v) is 4.75. The molecule has 0 unspecified atom stereocenters. The first-order chi connectivity index (χ1) is 13.3. The van der Waals surface area contributed by atoms with Crippen molar-refractivity contribution in [3.63, 3.8) is 0 Å². The van der Waals surface area contributed by atoms with Crippen molar-refractivity contribution < 1.29 is 0 Å². The van der Waals surface area contributed by atoms with E-state index in [9.17, 15) is 0 Å². The average molecular weight is 376 g/mol. The van der Waals surface area contributed by atoms with E-state index in [4.69, 9.17) is 11.6 Å². The van der Waals surface area contributed by atoms with Gasteiger partial charge in [-0.2, -0.15) is 4.98 Å². The zero-order valence-corrected chi connectivity index (χ0v) is 14.9. The van der Waals surface area contributed by atoms with Crippen LogP contribution in [0.3, 0.4) is 0 Å². The molecule has 2 aromatic heterocycles. The molecule has 7 nitrogen and oxygen atoms in total. The number of fused-ring (bicyclic) bond motifs is 3. The Morgan fingerprint density at radius 1 is 1.04 bits per heavy atom. The Morgan fingerprint density at radius 3 is 2.74 bits per heavy atom. The molecule has 1 N–H and O–H groups in total. The van der Waals surface area contributed by atoms with Gasteiger partial charge in [-0.05, 0) is 24.3 Å². The SMILES string of the molecule is Clc1cnccc1-c1cc2cnc(=Nc3ccncc3)nc-2n2c1NCC2. The molecule has 3 aliphatic rings. The molecule has 0 saturated heterocycles. The van der Waals surface area contributed by atoms with Crippen LogP contribution in [-0.4, -0.2) is 31.0 Å². The van der Waals surface area contributed by atoms with Crippen LogP contribution in [0.2, 0.25) is 5.02 Å². The van der Waals surface area contributed by atoms with Gasteiger partial charge in [0.25, 0.3) is 5.62 Å². The third kappa shape index (κ3) is 2.82. The van der Waals surface area contributed by atoms with Gasteiger partial charge in [-0.15, -0.1) is 0 Å². The van der Waals surface area contributed by atoms with E-state index in [-0.39, 0.29) is 0 Å². The molecule has 0 fully saturated rings. The predicted molar refractivity (Wildman–Crippen MR) is 103 cm³/mol. The molecule has 0 spiro atoms. The van der Waals surface area contributed by atoms with Crippen LogP contribution < -0.4 is 10.9 Å². The van der Waals surface area contributed by atoms with Crippen molar-refractivity contribution in [2.75, 3.05) is 11.9 Å². The topological polar surface area (TPSA) is 80.9 Å². The molecule has 0 amide bonds. The van der Waals surface area contributed by atoms with Crippen molar-refractivity contribution >= 4 is 23.1 Å². The van der Waals surface area contributed by atoms with Gasteiger partial charge < -0.3 is 9.88 Å². The second kappa shape index (κ2) is 6.44. The summed E-state index contributed by atoms with van der Waals surface area (Å²) in [6.07, 6.45) is 8.58. The fourth-order valence-corrected chi connectivity index (χ4v) is 3.47. The highest BCUT2D eigenvalue weighted by molar-refractivity contribution is 6.33. The lowest BCUT2D eigenvalue weighted by Crippen LogP contribution is -2.17. The standard InChI is InChI=1S/C19H14ClN7/c20-16-11-22-6-3-14(16)15-9-12-10-24-19(25-13-1-4-21-5-2-13)26-17(12)27-8-7-23-18(15)27/h1-6,9-11,23H,7-8H2. The highest BCUT2D eigenvalue weighted by Crippen LogP contribution is 2.38. The van der Waals surface area contributed by atoms with Crippen molar-refractivity contribution in [1.29, 1.82) is 0 Å². The zero-order valence-electron chi connectivity index (χ0n) is 14.2. The van der Waals surface area contributed by atoms with Gasteiger partial charge in [0, 0.05) is 60.8 Å². The summed E-state index contributed by atoms with van der Waals surface area (Å²) in [5.41, 5.74) is 4.06. The number of aromatic nitrogens is 5. The Labute approximate surface area is 159 Å². The van der Waals surface area contributed by atoms with E-state index in [2.05, 4.69) is 40.9 Å². The summed E-state index contributed by atoms with van der Waals surface area (Å²) < 4.78 is 2.15. The molecular weight excluding hydrogens is 362 g/mol. The molecule has 132 valence electrons. The maximum Gasteiger partial charge on any atom is 0.251 e. The molecule has 0 bridgehead atoms. The Bertz CT molecular complexity index is 1170. The first-order valence-corrected chi connectivity index (χ1v) is 8.86. The van der Waals surface area contributed by atoms with Crippen molar-refractivity contribution in [2.45, 2.75) is 6.54 Å². The van der Waals surface area contributed by atoms with Gasteiger partial charge >= 0.3 is 0 Å². The molecule has 0 aromatic carbocycles. The van der Waals surface area contributed by atoms with Gasteiger partial charge in [0.15, 0.2) is 0 Å². The van der Waals surface area contributed by atoms with Gasteiger partial charge in [0.1, 0.15) is 11.6 Å². The number of halogens is 1. The first-order valence-electron chi connectivity index (χ1n) is 8.49. The minimum absolute atomic E-state index is 0.421.